The van der Waals surface area contributed by atoms with Crippen LogP contribution in [0.25, 0.3) is 0 Å². The topological polar surface area (TPSA) is 9.23 Å². The third-order valence-electron chi connectivity index (χ3n) is 3.83. The van der Waals surface area contributed by atoms with Gasteiger partial charge in [-0.1, -0.05) is 74.0 Å². The van der Waals surface area contributed by atoms with Gasteiger partial charge >= 0.3 is 18.9 Å². The number of hydrogen-bond donors (Lipinski definition) is 0. The van der Waals surface area contributed by atoms with Crippen LogP contribution in [0.3, 0.4) is 0 Å². The van der Waals surface area contributed by atoms with Crippen LogP contribution in [0.2, 0.25) is 0 Å². The maximum atomic E-state index is 6.16. The second-order valence-corrected chi connectivity index (χ2v) is 5.64. The van der Waals surface area contributed by atoms with Gasteiger partial charge in [0, 0.05) is 0 Å². The normalized spacial score (nSPS) is 13.2. The van der Waals surface area contributed by atoms with Crippen LogP contribution in [0.5, 0.6) is 0 Å². The third kappa shape index (κ3) is 6.40. The van der Waals surface area contributed by atoms with Crippen molar-refractivity contribution in [3.05, 3.63) is 78.7 Å². The van der Waals surface area contributed by atoms with Gasteiger partial charge in [-0.05, 0) is 23.5 Å². The zero-order chi connectivity index (χ0) is 14.9. The monoisotopic (exact) mass is 288 g/mol. The van der Waals surface area contributed by atoms with Crippen molar-refractivity contribution in [1.29, 1.82) is 0 Å². The summed E-state index contributed by atoms with van der Waals surface area (Å²) < 4.78 is 6.16. The van der Waals surface area contributed by atoms with Crippen molar-refractivity contribution in [2.75, 3.05) is 0 Å². The number of rotatable bonds is 8. The first-order valence-electron chi connectivity index (χ1n) is 7.78. The summed E-state index contributed by atoms with van der Waals surface area (Å²) in [5.41, 5.74) is 2.61. The molecule has 2 heteroatoms. The van der Waals surface area contributed by atoms with Crippen molar-refractivity contribution in [2.24, 2.45) is 5.92 Å². The molecule has 0 N–H and O–H groups in total. The van der Waals surface area contributed by atoms with E-state index >= 15 is 0 Å². The molecule has 0 spiro atoms. The van der Waals surface area contributed by atoms with Gasteiger partial charge in [-0.15, -0.1) is 0 Å². The van der Waals surface area contributed by atoms with E-state index in [0.717, 1.165) is 19.3 Å². The van der Waals surface area contributed by atoms with E-state index in [1.54, 1.807) is 0 Å². The average molecular weight is 288 g/mol. The Morgan fingerprint density at radius 1 is 0.909 bits per heavy atom. The Kier molecular flexibility index (Phi) is 9.24. The number of benzene rings is 2. The van der Waals surface area contributed by atoms with Gasteiger partial charge in [-0.3, -0.25) is 0 Å². The van der Waals surface area contributed by atoms with Crippen LogP contribution < -0.4 is 18.9 Å². The molecule has 0 saturated heterocycles. The second kappa shape index (κ2) is 10.7. The van der Waals surface area contributed by atoms with Crippen LogP contribution in [0.4, 0.5) is 0 Å². The summed E-state index contributed by atoms with van der Waals surface area (Å²) in [5.74, 6) is 0.498. The zero-order valence-corrected chi connectivity index (χ0v) is 13.9. The first-order chi connectivity index (χ1) is 10.3. The van der Waals surface area contributed by atoms with Crippen LogP contribution in [0.1, 0.15) is 30.9 Å². The summed E-state index contributed by atoms with van der Waals surface area (Å²) in [6.45, 7) is 6.95. The van der Waals surface area contributed by atoms with Crippen LogP contribution in [-0.4, -0.2) is 6.10 Å². The van der Waals surface area contributed by atoms with E-state index in [0.29, 0.717) is 12.5 Å². The number of ether oxygens (including phenoxy) is 1. The maximum absolute atomic E-state index is 6.16. The van der Waals surface area contributed by atoms with Gasteiger partial charge < -0.3 is 11.7 Å². The Morgan fingerprint density at radius 2 is 1.45 bits per heavy atom. The molecule has 2 aromatic carbocycles. The standard InChI is InChI=1S/C20H25O.Li/c1-3-10-20(21-16-19-13-8-5-9-14-19)17(2)15-18-11-6-4-7-12-18;/h4-9,11-14,17,20H,1,3,10,15-16H2,2H3;/q-1;+1/t17-,20-;/m1./s1. The van der Waals surface area contributed by atoms with Crippen LogP contribution in [0, 0.1) is 12.8 Å². The molecule has 0 aromatic heterocycles. The van der Waals surface area contributed by atoms with Crippen molar-refractivity contribution < 1.29 is 23.6 Å². The van der Waals surface area contributed by atoms with Crippen LogP contribution in [-0.2, 0) is 17.8 Å². The van der Waals surface area contributed by atoms with Crippen molar-refractivity contribution in [1.82, 2.24) is 0 Å². The molecule has 0 aliphatic heterocycles. The van der Waals surface area contributed by atoms with Crippen molar-refractivity contribution in [2.45, 2.75) is 38.9 Å². The fourth-order valence-electron chi connectivity index (χ4n) is 2.63. The molecular weight excluding hydrogens is 263 g/mol. The van der Waals surface area contributed by atoms with Gasteiger partial charge in [0.25, 0.3) is 0 Å². The maximum Gasteiger partial charge on any atom is 1.00 e. The van der Waals surface area contributed by atoms with Crippen molar-refractivity contribution in [3.63, 3.8) is 0 Å². The molecule has 0 amide bonds. The molecular formula is C20H25LiO. The minimum atomic E-state index is 0. The van der Waals surface area contributed by atoms with Gasteiger partial charge in [0.2, 0.25) is 0 Å². The van der Waals surface area contributed by atoms with Gasteiger partial charge in [-0.2, -0.15) is 6.42 Å². The first-order valence-corrected chi connectivity index (χ1v) is 7.78. The Bertz CT molecular complexity index is 498. The SMILES string of the molecule is [CH2-]CC[C@@H](OCc1ccccc1)[C@H](C)Cc1ccccc1.[Li+]. The van der Waals surface area contributed by atoms with E-state index in [4.69, 9.17) is 4.74 Å². The van der Waals surface area contributed by atoms with E-state index in [2.05, 4.69) is 68.4 Å². The molecule has 0 fully saturated rings. The smallest absolute Gasteiger partial charge is 0.373 e. The summed E-state index contributed by atoms with van der Waals surface area (Å²) in [5, 5.41) is 0. The second-order valence-electron chi connectivity index (χ2n) is 5.64. The molecule has 0 unspecified atom stereocenters. The Balaban J connectivity index is 0.00000242. The fraction of sp³-hybridized carbons (Fsp3) is 0.350. The summed E-state index contributed by atoms with van der Waals surface area (Å²) in [6.07, 6.45) is 3.25. The Labute approximate surface area is 147 Å². The largest absolute Gasteiger partial charge is 1.00 e. The summed E-state index contributed by atoms with van der Waals surface area (Å²) in [6, 6.07) is 21.0. The molecule has 0 aliphatic rings. The zero-order valence-electron chi connectivity index (χ0n) is 13.9. The van der Waals surface area contributed by atoms with Crippen molar-refractivity contribution >= 4 is 0 Å². The molecule has 1 nitrogen and oxygen atoms in total. The molecule has 22 heavy (non-hydrogen) atoms. The summed E-state index contributed by atoms with van der Waals surface area (Å²) in [7, 11) is 0. The molecule has 112 valence electrons. The van der Waals surface area contributed by atoms with Gasteiger partial charge in [0.15, 0.2) is 0 Å². The van der Waals surface area contributed by atoms with E-state index in [9.17, 15) is 0 Å². The fourth-order valence-corrected chi connectivity index (χ4v) is 2.63. The predicted molar refractivity (Wildman–Crippen MR) is 88.9 cm³/mol. The summed E-state index contributed by atoms with van der Waals surface area (Å²) >= 11 is 0. The quantitative estimate of drug-likeness (QED) is 0.534. The molecule has 2 atom stereocenters. The van der Waals surface area contributed by atoms with Gasteiger partial charge in [-0.25, -0.2) is 0 Å². The Hall–Kier alpha value is -1.00. The van der Waals surface area contributed by atoms with E-state index in [1.165, 1.54) is 11.1 Å². The molecule has 2 aromatic rings. The van der Waals surface area contributed by atoms with Gasteiger partial charge in [0.05, 0.1) is 12.7 Å². The Morgan fingerprint density at radius 3 is 2.00 bits per heavy atom. The molecule has 2 rings (SSSR count). The third-order valence-corrected chi connectivity index (χ3v) is 3.83. The minimum Gasteiger partial charge on any atom is -0.373 e. The minimum absolute atomic E-state index is 0. The predicted octanol–water partition coefficient (Wildman–Crippen LogP) is 2.07. The summed E-state index contributed by atoms with van der Waals surface area (Å²) in [4.78, 5) is 0. The van der Waals surface area contributed by atoms with Crippen molar-refractivity contribution in [3.8, 4) is 0 Å². The van der Waals surface area contributed by atoms with Crippen LogP contribution in [0.15, 0.2) is 60.7 Å². The molecule has 0 bridgehead atoms. The number of hydrogen-bond acceptors (Lipinski definition) is 1. The molecule has 0 aliphatic carbocycles. The van der Waals surface area contributed by atoms with E-state index < -0.39 is 0 Å². The van der Waals surface area contributed by atoms with E-state index in [-0.39, 0.29) is 25.0 Å². The molecule has 0 radical (unpaired) electrons. The molecule has 0 heterocycles. The molecule has 0 saturated carbocycles. The van der Waals surface area contributed by atoms with Crippen LogP contribution >= 0.6 is 0 Å². The first kappa shape index (κ1) is 19.0. The van der Waals surface area contributed by atoms with E-state index in [1.807, 2.05) is 6.07 Å². The van der Waals surface area contributed by atoms with Gasteiger partial charge in [0.1, 0.15) is 0 Å². The average Bonchev–Trinajstić information content (AvgIpc) is 2.53.